The summed E-state index contributed by atoms with van der Waals surface area (Å²) in [5, 5.41) is 0.750. The quantitative estimate of drug-likeness (QED) is 0.444. The lowest BCUT2D eigenvalue weighted by atomic mass is 10.2. The fourth-order valence-electron chi connectivity index (χ4n) is 3.18. The predicted octanol–water partition coefficient (Wildman–Crippen LogP) is 4.17. The van der Waals surface area contributed by atoms with E-state index in [1.807, 2.05) is 39.9 Å². The molecule has 0 saturated carbocycles. The van der Waals surface area contributed by atoms with Gasteiger partial charge in [0.15, 0.2) is 10.9 Å². The van der Waals surface area contributed by atoms with Crippen molar-refractivity contribution in [3.8, 4) is 5.69 Å². The summed E-state index contributed by atoms with van der Waals surface area (Å²) in [7, 11) is 0. The third-order valence-corrected chi connectivity index (χ3v) is 6.17. The van der Waals surface area contributed by atoms with E-state index in [0.29, 0.717) is 11.3 Å². The van der Waals surface area contributed by atoms with E-state index < -0.39 is 0 Å². The number of imidazole rings is 1. The van der Waals surface area contributed by atoms with Gasteiger partial charge in [-0.25, -0.2) is 4.98 Å². The van der Waals surface area contributed by atoms with Crippen LogP contribution in [-0.2, 0) is 0 Å². The van der Waals surface area contributed by atoms with Crippen LogP contribution in [0.15, 0.2) is 58.6 Å². The van der Waals surface area contributed by atoms with Gasteiger partial charge in [0.2, 0.25) is 0 Å². The summed E-state index contributed by atoms with van der Waals surface area (Å²) in [4.78, 5) is 34.1. The van der Waals surface area contributed by atoms with Crippen LogP contribution >= 0.6 is 27.7 Å². The van der Waals surface area contributed by atoms with Crippen LogP contribution in [0, 0.1) is 0 Å². The average Bonchev–Trinajstić information content (AvgIpc) is 3.48. The van der Waals surface area contributed by atoms with Crippen molar-refractivity contribution in [3.63, 3.8) is 0 Å². The second kappa shape index (κ2) is 8.36. The first-order valence-corrected chi connectivity index (χ1v) is 10.8. The number of carbonyl (C=O) groups is 2. The number of rotatable bonds is 6. The van der Waals surface area contributed by atoms with Crippen LogP contribution < -0.4 is 0 Å². The number of nitrogens with zero attached hydrogens (tertiary/aromatic N) is 3. The monoisotopic (exact) mass is 458 g/mol. The van der Waals surface area contributed by atoms with Crippen molar-refractivity contribution >= 4 is 39.4 Å². The second-order valence-corrected chi connectivity index (χ2v) is 8.43. The van der Waals surface area contributed by atoms with E-state index in [9.17, 15) is 9.59 Å². The van der Waals surface area contributed by atoms with Gasteiger partial charge in [-0.3, -0.25) is 14.2 Å². The fourth-order valence-corrected chi connectivity index (χ4v) is 4.31. The van der Waals surface area contributed by atoms with Crippen molar-refractivity contribution in [1.82, 2.24) is 19.4 Å². The van der Waals surface area contributed by atoms with Crippen molar-refractivity contribution in [1.29, 1.82) is 0 Å². The summed E-state index contributed by atoms with van der Waals surface area (Å²) < 4.78 is 2.96. The zero-order chi connectivity index (χ0) is 19.5. The first-order chi connectivity index (χ1) is 13.6. The molecule has 0 spiro atoms. The molecule has 1 aliphatic heterocycles. The molecule has 1 aromatic carbocycles. The number of thioether (sulfide) groups is 1. The lowest BCUT2D eigenvalue weighted by molar-refractivity contribution is 0.0787. The van der Waals surface area contributed by atoms with Gasteiger partial charge < -0.3 is 9.88 Å². The molecule has 3 aromatic rings. The third kappa shape index (κ3) is 4.07. The maximum atomic E-state index is 12.6. The maximum absolute atomic E-state index is 12.6. The van der Waals surface area contributed by atoms with Gasteiger partial charge in [0.25, 0.3) is 5.91 Å². The van der Waals surface area contributed by atoms with E-state index >= 15 is 0 Å². The number of carbonyl (C=O) groups excluding carboxylic acids is 2. The molecule has 0 atom stereocenters. The molecule has 1 amide bonds. The molecule has 6 nitrogen and oxygen atoms in total. The number of benzene rings is 1. The topological polar surface area (TPSA) is 71.0 Å². The number of nitrogens with one attached hydrogen (secondary N) is 1. The van der Waals surface area contributed by atoms with Gasteiger partial charge in [-0.1, -0.05) is 27.7 Å². The molecular weight excluding hydrogens is 440 g/mol. The highest BCUT2D eigenvalue weighted by atomic mass is 79.9. The van der Waals surface area contributed by atoms with Crippen molar-refractivity contribution in [3.05, 3.63) is 64.7 Å². The SMILES string of the molecule is O=C(CSc1nccn1-c1ccc(Br)cc1)c1c[nH]c(C(=O)N2CCCC2)c1. The standard InChI is InChI=1S/C20H19BrN4O2S/c21-15-3-5-16(6-4-15)25-10-7-22-20(25)28-13-18(26)14-11-17(23-12-14)19(27)24-8-1-2-9-24/h3-7,10-12,23H,1-2,8-9,13H2. The van der Waals surface area contributed by atoms with Crippen LogP contribution in [0.2, 0.25) is 0 Å². The molecule has 0 bridgehead atoms. The first-order valence-electron chi connectivity index (χ1n) is 9.05. The Morgan fingerprint density at radius 1 is 1.18 bits per heavy atom. The summed E-state index contributed by atoms with van der Waals surface area (Å²) in [5.74, 6) is 0.185. The molecule has 0 radical (unpaired) electrons. The van der Waals surface area contributed by atoms with Crippen molar-refractivity contribution in [2.75, 3.05) is 18.8 Å². The highest BCUT2D eigenvalue weighted by molar-refractivity contribution is 9.10. The molecule has 1 fully saturated rings. The summed E-state index contributed by atoms with van der Waals surface area (Å²) in [6.07, 6.45) is 7.30. The number of halogens is 1. The van der Waals surface area contributed by atoms with E-state index in [0.717, 1.165) is 41.2 Å². The third-order valence-electron chi connectivity index (χ3n) is 4.67. The number of amides is 1. The summed E-state index contributed by atoms with van der Waals surface area (Å²) in [6.45, 7) is 1.57. The minimum atomic E-state index is -0.0351. The van der Waals surface area contributed by atoms with Crippen LogP contribution in [0.3, 0.4) is 0 Å². The molecule has 3 heterocycles. The smallest absolute Gasteiger partial charge is 0.270 e. The first kappa shape index (κ1) is 19.0. The van der Waals surface area contributed by atoms with Crippen LogP contribution in [-0.4, -0.2) is 50.0 Å². The van der Waals surface area contributed by atoms with Gasteiger partial charge in [-0.2, -0.15) is 0 Å². The van der Waals surface area contributed by atoms with Crippen molar-refractivity contribution in [2.45, 2.75) is 18.0 Å². The number of hydrogen-bond donors (Lipinski definition) is 1. The molecule has 28 heavy (non-hydrogen) atoms. The Balaban J connectivity index is 1.41. The van der Waals surface area contributed by atoms with Gasteiger partial charge in [0.05, 0.1) is 5.75 Å². The van der Waals surface area contributed by atoms with Crippen molar-refractivity contribution in [2.24, 2.45) is 0 Å². The number of aromatic amines is 1. The van der Waals surface area contributed by atoms with E-state index in [1.54, 1.807) is 18.5 Å². The Morgan fingerprint density at radius 3 is 2.68 bits per heavy atom. The lowest BCUT2D eigenvalue weighted by Crippen LogP contribution is -2.27. The summed E-state index contributed by atoms with van der Waals surface area (Å²) in [6, 6.07) is 9.56. The van der Waals surface area contributed by atoms with Gasteiger partial charge in [0.1, 0.15) is 5.69 Å². The zero-order valence-corrected chi connectivity index (χ0v) is 17.5. The molecule has 0 unspecified atom stereocenters. The van der Waals surface area contributed by atoms with Gasteiger partial charge in [-0.05, 0) is 43.2 Å². The Labute approximate surface area is 175 Å². The maximum Gasteiger partial charge on any atom is 0.270 e. The van der Waals surface area contributed by atoms with Gasteiger partial charge in [-0.15, -0.1) is 0 Å². The molecule has 1 saturated heterocycles. The molecule has 1 aliphatic rings. The molecule has 144 valence electrons. The predicted molar refractivity (Wildman–Crippen MR) is 112 cm³/mol. The summed E-state index contributed by atoms with van der Waals surface area (Å²) >= 11 is 4.81. The molecular formula is C20H19BrN4O2S. The molecule has 1 N–H and O–H groups in total. The minimum absolute atomic E-state index is 0.0324. The highest BCUT2D eigenvalue weighted by Crippen LogP contribution is 2.23. The van der Waals surface area contributed by atoms with Gasteiger partial charge in [0, 0.05) is 47.4 Å². The molecule has 8 heteroatoms. The zero-order valence-electron chi connectivity index (χ0n) is 15.1. The van der Waals surface area contributed by atoms with E-state index in [-0.39, 0.29) is 17.4 Å². The Kier molecular flexibility index (Phi) is 5.68. The van der Waals surface area contributed by atoms with E-state index in [1.165, 1.54) is 11.8 Å². The van der Waals surface area contributed by atoms with Crippen LogP contribution in [0.25, 0.3) is 5.69 Å². The van der Waals surface area contributed by atoms with Crippen LogP contribution in [0.1, 0.15) is 33.7 Å². The van der Waals surface area contributed by atoms with Crippen LogP contribution in [0.4, 0.5) is 0 Å². The Hall–Kier alpha value is -2.32. The second-order valence-electron chi connectivity index (χ2n) is 6.57. The number of hydrogen-bond acceptors (Lipinski definition) is 4. The molecule has 2 aromatic heterocycles. The van der Waals surface area contributed by atoms with Crippen LogP contribution in [0.5, 0.6) is 0 Å². The van der Waals surface area contributed by atoms with Gasteiger partial charge >= 0.3 is 0 Å². The average molecular weight is 459 g/mol. The molecule has 0 aliphatic carbocycles. The van der Waals surface area contributed by atoms with E-state index in [4.69, 9.17) is 0 Å². The lowest BCUT2D eigenvalue weighted by Gasteiger charge is -2.13. The number of aromatic nitrogens is 3. The Morgan fingerprint density at radius 2 is 1.93 bits per heavy atom. The number of ketones is 1. The minimum Gasteiger partial charge on any atom is -0.356 e. The molecule has 4 rings (SSSR count). The number of H-pyrrole nitrogens is 1. The summed E-state index contributed by atoms with van der Waals surface area (Å²) in [5.41, 5.74) is 1.99. The number of likely N-dealkylation sites (tertiary alicyclic amines) is 1. The van der Waals surface area contributed by atoms with Crippen molar-refractivity contribution < 1.29 is 9.59 Å². The normalized spacial score (nSPS) is 13.8. The highest BCUT2D eigenvalue weighted by Gasteiger charge is 2.22. The number of Topliss-reactive ketones (excluding diaryl/α,β-unsaturated/α-hetero) is 1. The van der Waals surface area contributed by atoms with E-state index in [2.05, 4.69) is 25.9 Å². The largest absolute Gasteiger partial charge is 0.356 e. The fraction of sp³-hybridized carbons (Fsp3) is 0.250. The Bertz CT molecular complexity index is 990.